The second kappa shape index (κ2) is 6.09. The molecule has 1 N–H and O–H groups in total. The van der Waals surface area contributed by atoms with Gasteiger partial charge in [-0.2, -0.15) is 0 Å². The van der Waals surface area contributed by atoms with Gasteiger partial charge in [0.1, 0.15) is 5.75 Å². The lowest BCUT2D eigenvalue weighted by molar-refractivity contribution is -0.138. The molecular formula is C16H22O3. The minimum atomic E-state index is -0.698. The van der Waals surface area contributed by atoms with E-state index in [1.807, 2.05) is 31.2 Å². The lowest BCUT2D eigenvalue weighted by atomic mass is 9.67. The molecule has 0 saturated heterocycles. The monoisotopic (exact) mass is 262 g/mol. The average Bonchev–Trinajstić information content (AvgIpc) is 2.40. The van der Waals surface area contributed by atoms with Crippen LogP contribution in [0.25, 0.3) is 0 Å². The Kier molecular flexibility index (Phi) is 4.46. The van der Waals surface area contributed by atoms with Gasteiger partial charge in [0.15, 0.2) is 0 Å². The van der Waals surface area contributed by atoms with Crippen molar-refractivity contribution in [3.63, 3.8) is 0 Å². The smallest absolute Gasteiger partial charge is 0.304 e. The molecule has 1 aliphatic rings. The van der Waals surface area contributed by atoms with Crippen molar-refractivity contribution in [1.82, 2.24) is 0 Å². The summed E-state index contributed by atoms with van der Waals surface area (Å²) in [4.78, 5) is 11.2. The summed E-state index contributed by atoms with van der Waals surface area (Å²) >= 11 is 0. The van der Waals surface area contributed by atoms with E-state index >= 15 is 0 Å². The van der Waals surface area contributed by atoms with Gasteiger partial charge in [-0.15, -0.1) is 0 Å². The molecule has 0 heterocycles. The number of benzene rings is 1. The second-order valence-corrected chi connectivity index (χ2v) is 5.37. The van der Waals surface area contributed by atoms with Gasteiger partial charge in [-0.1, -0.05) is 31.4 Å². The molecule has 0 aliphatic heterocycles. The molecule has 1 fully saturated rings. The first-order chi connectivity index (χ1) is 9.16. The molecular weight excluding hydrogens is 240 g/mol. The van der Waals surface area contributed by atoms with Crippen LogP contribution < -0.4 is 4.74 Å². The van der Waals surface area contributed by atoms with Gasteiger partial charge < -0.3 is 9.84 Å². The molecule has 0 amide bonds. The van der Waals surface area contributed by atoms with Crippen molar-refractivity contribution in [1.29, 1.82) is 0 Å². The van der Waals surface area contributed by atoms with Crippen molar-refractivity contribution in [3.05, 3.63) is 29.8 Å². The minimum Gasteiger partial charge on any atom is -0.494 e. The molecule has 0 bridgehead atoms. The van der Waals surface area contributed by atoms with E-state index in [0.29, 0.717) is 6.61 Å². The zero-order valence-corrected chi connectivity index (χ0v) is 11.5. The van der Waals surface area contributed by atoms with Crippen molar-refractivity contribution < 1.29 is 14.6 Å². The van der Waals surface area contributed by atoms with Crippen LogP contribution in [0.4, 0.5) is 0 Å². The molecule has 0 unspecified atom stereocenters. The quantitative estimate of drug-likeness (QED) is 0.878. The Bertz CT molecular complexity index is 416. The van der Waals surface area contributed by atoms with E-state index < -0.39 is 5.97 Å². The maximum absolute atomic E-state index is 11.2. The molecule has 0 aromatic heterocycles. The SMILES string of the molecule is CCOc1ccc(C2(CC(=O)O)CCCCC2)cc1. The Morgan fingerprint density at radius 1 is 1.21 bits per heavy atom. The number of carboxylic acid groups (broad SMARTS) is 1. The highest BCUT2D eigenvalue weighted by atomic mass is 16.5. The Hall–Kier alpha value is -1.51. The number of hydrogen-bond donors (Lipinski definition) is 1. The van der Waals surface area contributed by atoms with E-state index in [2.05, 4.69) is 0 Å². The second-order valence-electron chi connectivity index (χ2n) is 5.37. The number of carbonyl (C=O) groups is 1. The maximum atomic E-state index is 11.2. The largest absolute Gasteiger partial charge is 0.494 e. The number of hydrogen-bond acceptors (Lipinski definition) is 2. The van der Waals surface area contributed by atoms with Crippen molar-refractivity contribution in [2.75, 3.05) is 6.61 Å². The van der Waals surface area contributed by atoms with Crippen LogP contribution in [0.5, 0.6) is 5.75 Å². The third kappa shape index (κ3) is 3.28. The summed E-state index contributed by atoms with van der Waals surface area (Å²) in [5.41, 5.74) is 0.979. The van der Waals surface area contributed by atoms with Crippen LogP contribution in [0, 0.1) is 0 Å². The predicted octanol–water partition coefficient (Wildman–Crippen LogP) is 3.76. The van der Waals surface area contributed by atoms with Gasteiger partial charge in [0.2, 0.25) is 0 Å². The van der Waals surface area contributed by atoms with Gasteiger partial charge in [-0.05, 0) is 37.5 Å². The summed E-state index contributed by atoms with van der Waals surface area (Å²) in [6.45, 7) is 2.61. The van der Waals surface area contributed by atoms with Crippen molar-refractivity contribution in [2.24, 2.45) is 0 Å². The van der Waals surface area contributed by atoms with Crippen LogP contribution in [0.1, 0.15) is 51.0 Å². The van der Waals surface area contributed by atoms with Crippen LogP contribution in [-0.4, -0.2) is 17.7 Å². The first-order valence-corrected chi connectivity index (χ1v) is 7.11. The van der Waals surface area contributed by atoms with Crippen molar-refractivity contribution >= 4 is 5.97 Å². The highest BCUT2D eigenvalue weighted by Gasteiger charge is 2.35. The van der Waals surface area contributed by atoms with E-state index in [0.717, 1.165) is 37.0 Å². The molecule has 1 saturated carbocycles. The van der Waals surface area contributed by atoms with Crippen LogP contribution in [0.2, 0.25) is 0 Å². The molecule has 104 valence electrons. The fourth-order valence-electron chi connectivity index (χ4n) is 3.16. The van der Waals surface area contributed by atoms with Crippen molar-refractivity contribution in [3.8, 4) is 5.75 Å². The van der Waals surface area contributed by atoms with Gasteiger partial charge in [-0.3, -0.25) is 4.79 Å². The predicted molar refractivity (Wildman–Crippen MR) is 74.6 cm³/mol. The first-order valence-electron chi connectivity index (χ1n) is 7.11. The number of rotatable bonds is 5. The average molecular weight is 262 g/mol. The Balaban J connectivity index is 2.24. The van der Waals surface area contributed by atoms with E-state index in [-0.39, 0.29) is 11.8 Å². The molecule has 19 heavy (non-hydrogen) atoms. The fraction of sp³-hybridized carbons (Fsp3) is 0.562. The molecule has 3 heteroatoms. The van der Waals surface area contributed by atoms with E-state index in [9.17, 15) is 9.90 Å². The van der Waals surface area contributed by atoms with E-state index in [1.54, 1.807) is 0 Å². The zero-order valence-electron chi connectivity index (χ0n) is 11.5. The Labute approximate surface area is 114 Å². The van der Waals surface area contributed by atoms with E-state index in [1.165, 1.54) is 6.42 Å². The van der Waals surface area contributed by atoms with Crippen molar-refractivity contribution in [2.45, 2.75) is 50.9 Å². The molecule has 1 aromatic rings. The third-order valence-corrected chi connectivity index (χ3v) is 4.08. The summed E-state index contributed by atoms with van der Waals surface area (Å²) in [7, 11) is 0. The minimum absolute atomic E-state index is 0.172. The van der Waals surface area contributed by atoms with Gasteiger partial charge in [0.25, 0.3) is 0 Å². The molecule has 3 nitrogen and oxygen atoms in total. The number of aliphatic carboxylic acids is 1. The molecule has 0 spiro atoms. The fourth-order valence-corrected chi connectivity index (χ4v) is 3.16. The van der Waals surface area contributed by atoms with Crippen LogP contribution in [0.15, 0.2) is 24.3 Å². The van der Waals surface area contributed by atoms with Crippen LogP contribution in [0.3, 0.4) is 0 Å². The topological polar surface area (TPSA) is 46.5 Å². The Morgan fingerprint density at radius 3 is 2.37 bits per heavy atom. The number of carboxylic acids is 1. The molecule has 1 aromatic carbocycles. The third-order valence-electron chi connectivity index (χ3n) is 4.08. The molecule has 2 rings (SSSR count). The number of ether oxygens (including phenoxy) is 1. The van der Waals surface area contributed by atoms with Gasteiger partial charge in [-0.25, -0.2) is 0 Å². The van der Waals surface area contributed by atoms with Gasteiger partial charge in [0.05, 0.1) is 13.0 Å². The van der Waals surface area contributed by atoms with Gasteiger partial charge in [0, 0.05) is 5.41 Å². The summed E-state index contributed by atoms with van der Waals surface area (Å²) < 4.78 is 5.45. The van der Waals surface area contributed by atoms with Crippen LogP contribution in [-0.2, 0) is 10.2 Å². The lowest BCUT2D eigenvalue weighted by Crippen LogP contribution is -2.31. The van der Waals surface area contributed by atoms with Gasteiger partial charge >= 0.3 is 5.97 Å². The summed E-state index contributed by atoms with van der Waals surface area (Å²) in [6.07, 6.45) is 5.67. The molecule has 0 radical (unpaired) electrons. The maximum Gasteiger partial charge on any atom is 0.304 e. The summed E-state index contributed by atoms with van der Waals surface area (Å²) in [6, 6.07) is 7.99. The normalized spacial score (nSPS) is 17.9. The molecule has 0 atom stereocenters. The van der Waals surface area contributed by atoms with E-state index in [4.69, 9.17) is 4.74 Å². The first kappa shape index (κ1) is 13.9. The Morgan fingerprint density at radius 2 is 1.84 bits per heavy atom. The zero-order chi connectivity index (χ0) is 13.7. The lowest BCUT2D eigenvalue weighted by Gasteiger charge is -2.36. The van der Waals surface area contributed by atoms with Crippen LogP contribution >= 0.6 is 0 Å². The highest BCUT2D eigenvalue weighted by molar-refractivity contribution is 5.69. The summed E-state index contributed by atoms with van der Waals surface area (Å²) in [5.74, 6) is 0.156. The molecule has 1 aliphatic carbocycles. The standard InChI is InChI=1S/C16H22O3/c1-2-19-14-8-6-13(7-9-14)16(12-15(17)18)10-4-3-5-11-16/h6-9H,2-5,10-12H2,1H3,(H,17,18). The highest BCUT2D eigenvalue weighted by Crippen LogP contribution is 2.42. The summed E-state index contributed by atoms with van der Waals surface area (Å²) in [5, 5.41) is 9.21.